The lowest BCUT2D eigenvalue weighted by atomic mass is 9.75. The molecule has 0 unspecified atom stereocenters. The Morgan fingerprint density at radius 1 is 1.39 bits per heavy atom. The van der Waals surface area contributed by atoms with Gasteiger partial charge in [-0.25, -0.2) is 0 Å². The summed E-state index contributed by atoms with van der Waals surface area (Å²) >= 11 is 0. The largest absolute Gasteiger partial charge is 0.322 e. The summed E-state index contributed by atoms with van der Waals surface area (Å²) in [6.07, 6.45) is 3.15. The molecule has 90 valence electrons. The van der Waals surface area contributed by atoms with Gasteiger partial charge in [0.1, 0.15) is 15.7 Å². The molecule has 0 aromatic heterocycles. The first kappa shape index (κ1) is 14.6. The summed E-state index contributed by atoms with van der Waals surface area (Å²) in [5.74, 6) is 0.0345. The lowest BCUT2D eigenvalue weighted by Crippen LogP contribution is -2.27. The fraction of sp³-hybridized carbons (Fsp3) is 0.357. The third-order valence-corrected chi connectivity index (χ3v) is 2.87. The van der Waals surface area contributed by atoms with Crippen molar-refractivity contribution in [3.63, 3.8) is 0 Å². The highest BCUT2D eigenvalue weighted by Gasteiger charge is 2.14. The fourth-order valence-corrected chi connectivity index (χ4v) is 1.90. The van der Waals surface area contributed by atoms with E-state index in [9.17, 15) is 4.79 Å². The molecule has 0 saturated heterocycles. The second kappa shape index (κ2) is 5.94. The van der Waals surface area contributed by atoms with Crippen LogP contribution in [0.15, 0.2) is 18.2 Å². The molecule has 1 N–H and O–H groups in total. The Hall–Kier alpha value is -1.44. The molecule has 4 heteroatoms. The average molecular weight is 237 g/mol. The lowest BCUT2D eigenvalue weighted by molar-refractivity contribution is -0.111. The van der Waals surface area contributed by atoms with Crippen molar-refractivity contribution in [2.45, 2.75) is 33.6 Å². The van der Waals surface area contributed by atoms with Gasteiger partial charge in [0.05, 0.1) is 0 Å². The summed E-state index contributed by atoms with van der Waals surface area (Å²) in [5.41, 5.74) is 3.73. The van der Waals surface area contributed by atoms with Crippen molar-refractivity contribution in [1.82, 2.24) is 0 Å². The van der Waals surface area contributed by atoms with Crippen LogP contribution in [-0.2, 0) is 4.79 Å². The first-order valence-electron chi connectivity index (χ1n) is 6.00. The molecule has 0 saturated carbocycles. The van der Waals surface area contributed by atoms with E-state index in [0.717, 1.165) is 11.1 Å². The van der Waals surface area contributed by atoms with Crippen LogP contribution in [0.3, 0.4) is 0 Å². The van der Waals surface area contributed by atoms with Gasteiger partial charge < -0.3 is 5.32 Å². The van der Waals surface area contributed by atoms with E-state index in [1.54, 1.807) is 19.1 Å². The van der Waals surface area contributed by atoms with Gasteiger partial charge >= 0.3 is 0 Å². The topological polar surface area (TPSA) is 29.1 Å². The molecule has 2 nitrogen and oxygen atoms in total. The Balaban J connectivity index is 3.29. The Morgan fingerprint density at radius 3 is 2.50 bits per heavy atom. The summed E-state index contributed by atoms with van der Waals surface area (Å²) in [4.78, 5) is 11.6. The van der Waals surface area contributed by atoms with Gasteiger partial charge in [0.15, 0.2) is 0 Å². The predicted molar refractivity (Wildman–Crippen MR) is 79.5 cm³/mol. The number of hydrogen-bond donors (Lipinski definition) is 1. The van der Waals surface area contributed by atoms with Crippen LogP contribution in [-0.4, -0.2) is 21.6 Å². The Labute approximate surface area is 112 Å². The van der Waals surface area contributed by atoms with Crippen LogP contribution >= 0.6 is 0 Å². The van der Waals surface area contributed by atoms with Gasteiger partial charge in [-0.1, -0.05) is 36.4 Å². The predicted octanol–water partition coefficient (Wildman–Crippen LogP) is 1.22. The van der Waals surface area contributed by atoms with Crippen molar-refractivity contribution in [3.8, 4) is 0 Å². The molecule has 0 atom stereocenters. The minimum Gasteiger partial charge on any atom is -0.322 e. The maximum absolute atomic E-state index is 11.6. The van der Waals surface area contributed by atoms with E-state index in [2.05, 4.69) is 5.32 Å². The van der Waals surface area contributed by atoms with Gasteiger partial charge in [-0.15, -0.1) is 0 Å². The number of hydrogen-bond acceptors (Lipinski definition) is 1. The molecule has 1 rings (SSSR count). The standard InChI is InChI=1S/C14H17B2NO/c1-5-6-12(18)17-11-7-10(15)9(4)14(16)13(11)8(2)3/h5-8H,1-4H3,(H,17,18)/b6-5-. The number of anilines is 1. The summed E-state index contributed by atoms with van der Waals surface area (Å²) in [6, 6.07) is 1.77. The van der Waals surface area contributed by atoms with Crippen LogP contribution in [0, 0.1) is 6.92 Å². The SMILES string of the molecule is [B]c1cc(NC(=O)/C=C\C)c(C(C)C)c([B])c1C. The quantitative estimate of drug-likeness (QED) is 0.621. The summed E-state index contributed by atoms with van der Waals surface area (Å²) in [7, 11) is 12.0. The molecule has 1 aromatic carbocycles. The van der Waals surface area contributed by atoms with Gasteiger partial charge in [0, 0.05) is 5.69 Å². The van der Waals surface area contributed by atoms with Gasteiger partial charge in [-0.05, 0) is 37.5 Å². The number of allylic oxidation sites excluding steroid dienone is 1. The van der Waals surface area contributed by atoms with Crippen molar-refractivity contribution in [3.05, 3.63) is 29.3 Å². The zero-order chi connectivity index (χ0) is 13.9. The van der Waals surface area contributed by atoms with Crippen LogP contribution in [0.5, 0.6) is 0 Å². The van der Waals surface area contributed by atoms with E-state index < -0.39 is 0 Å². The number of benzene rings is 1. The van der Waals surface area contributed by atoms with Crippen molar-refractivity contribution >= 4 is 38.2 Å². The number of carbonyl (C=O) groups is 1. The van der Waals surface area contributed by atoms with Gasteiger partial charge in [0.25, 0.3) is 0 Å². The third-order valence-electron chi connectivity index (χ3n) is 2.87. The van der Waals surface area contributed by atoms with Crippen LogP contribution in [0.2, 0.25) is 0 Å². The molecule has 18 heavy (non-hydrogen) atoms. The maximum Gasteiger partial charge on any atom is 0.248 e. The van der Waals surface area contributed by atoms with Crippen molar-refractivity contribution in [1.29, 1.82) is 0 Å². The second-order valence-electron chi connectivity index (χ2n) is 4.61. The highest BCUT2D eigenvalue weighted by atomic mass is 16.1. The minimum absolute atomic E-state index is 0.179. The highest BCUT2D eigenvalue weighted by Crippen LogP contribution is 2.22. The van der Waals surface area contributed by atoms with E-state index in [0.29, 0.717) is 16.6 Å². The molecule has 0 aliphatic carbocycles. The molecule has 1 amide bonds. The normalized spacial score (nSPS) is 11.2. The lowest BCUT2D eigenvalue weighted by Gasteiger charge is -2.20. The molecule has 4 radical (unpaired) electrons. The first-order chi connectivity index (χ1) is 8.38. The molecular weight excluding hydrogens is 220 g/mol. The second-order valence-corrected chi connectivity index (χ2v) is 4.61. The van der Waals surface area contributed by atoms with Gasteiger partial charge in [-0.3, -0.25) is 4.79 Å². The Kier molecular flexibility index (Phi) is 4.83. The number of amides is 1. The minimum atomic E-state index is -0.179. The van der Waals surface area contributed by atoms with E-state index in [-0.39, 0.29) is 11.8 Å². The summed E-state index contributed by atoms with van der Waals surface area (Å²) in [6.45, 7) is 7.74. The van der Waals surface area contributed by atoms with Crippen LogP contribution in [0.1, 0.15) is 37.8 Å². The molecule has 0 aliphatic heterocycles. The van der Waals surface area contributed by atoms with Crippen LogP contribution in [0.4, 0.5) is 5.69 Å². The van der Waals surface area contributed by atoms with E-state index in [4.69, 9.17) is 15.7 Å². The smallest absolute Gasteiger partial charge is 0.248 e. The molecule has 0 bridgehead atoms. The fourth-order valence-electron chi connectivity index (χ4n) is 1.90. The van der Waals surface area contributed by atoms with Crippen LogP contribution in [0.25, 0.3) is 0 Å². The molecule has 0 aliphatic rings. The van der Waals surface area contributed by atoms with E-state index in [1.165, 1.54) is 6.08 Å². The van der Waals surface area contributed by atoms with Crippen molar-refractivity contribution < 1.29 is 4.79 Å². The molecule has 0 spiro atoms. The van der Waals surface area contributed by atoms with Crippen molar-refractivity contribution in [2.24, 2.45) is 0 Å². The molecule has 1 aromatic rings. The summed E-state index contributed by atoms with van der Waals surface area (Å²) < 4.78 is 0. The zero-order valence-corrected chi connectivity index (χ0v) is 11.4. The van der Waals surface area contributed by atoms with Crippen LogP contribution < -0.4 is 16.2 Å². The molecular formula is C14H17B2NO. The van der Waals surface area contributed by atoms with E-state index >= 15 is 0 Å². The third kappa shape index (κ3) is 3.06. The Bertz CT molecular complexity index is 493. The number of rotatable bonds is 3. The van der Waals surface area contributed by atoms with Gasteiger partial charge in [-0.2, -0.15) is 0 Å². The first-order valence-corrected chi connectivity index (χ1v) is 6.00. The zero-order valence-electron chi connectivity index (χ0n) is 11.4. The molecule has 0 fully saturated rings. The number of nitrogens with one attached hydrogen (secondary N) is 1. The highest BCUT2D eigenvalue weighted by molar-refractivity contribution is 6.41. The number of carbonyl (C=O) groups excluding carboxylic acids is 1. The maximum atomic E-state index is 11.6. The summed E-state index contributed by atoms with van der Waals surface area (Å²) in [5, 5.41) is 2.82. The molecule has 0 heterocycles. The average Bonchev–Trinajstić information content (AvgIpc) is 2.25. The van der Waals surface area contributed by atoms with Crippen molar-refractivity contribution in [2.75, 3.05) is 5.32 Å². The Morgan fingerprint density at radius 2 is 2.00 bits per heavy atom. The monoisotopic (exact) mass is 237 g/mol. The van der Waals surface area contributed by atoms with E-state index in [1.807, 2.05) is 20.8 Å². The van der Waals surface area contributed by atoms with Gasteiger partial charge in [0.2, 0.25) is 5.91 Å².